The lowest BCUT2D eigenvalue weighted by Crippen LogP contribution is -2.51. The monoisotopic (exact) mass is 366 g/mol. The van der Waals surface area contributed by atoms with Crippen LogP contribution in [0.15, 0.2) is 48.5 Å². The number of carbonyl (C=O) groups is 2. The first-order valence-electron chi connectivity index (χ1n) is 9.43. The predicted molar refractivity (Wildman–Crippen MR) is 105 cm³/mol. The van der Waals surface area contributed by atoms with Gasteiger partial charge in [-0.3, -0.25) is 9.59 Å². The highest BCUT2D eigenvalue weighted by Gasteiger charge is 2.25. The van der Waals surface area contributed by atoms with Crippen molar-refractivity contribution in [2.45, 2.75) is 20.3 Å². The van der Waals surface area contributed by atoms with Crippen molar-refractivity contribution in [3.8, 4) is 5.75 Å². The summed E-state index contributed by atoms with van der Waals surface area (Å²) >= 11 is 0. The van der Waals surface area contributed by atoms with Gasteiger partial charge in [0, 0.05) is 31.7 Å². The standard InChI is InChI=1S/C22H26N2O3/c1-3-27-19-10-8-18(9-11-19)16-21(25)23-12-14-24(15-13-23)22(26)20-7-5-4-6-17(20)2/h4-11H,3,12-16H2,1-2H3. The lowest BCUT2D eigenvalue weighted by atomic mass is 10.1. The molecule has 3 rings (SSSR count). The molecule has 2 aromatic rings. The van der Waals surface area contributed by atoms with E-state index in [1.165, 1.54) is 0 Å². The predicted octanol–water partition coefficient (Wildman–Crippen LogP) is 2.92. The molecule has 27 heavy (non-hydrogen) atoms. The van der Waals surface area contributed by atoms with E-state index in [0.29, 0.717) is 39.2 Å². The van der Waals surface area contributed by atoms with Crippen LogP contribution in [0.2, 0.25) is 0 Å². The second-order valence-electron chi connectivity index (χ2n) is 6.74. The van der Waals surface area contributed by atoms with E-state index in [0.717, 1.165) is 22.4 Å². The molecule has 1 aliphatic rings. The zero-order valence-electron chi connectivity index (χ0n) is 16.0. The molecule has 0 saturated carbocycles. The zero-order chi connectivity index (χ0) is 19.2. The number of hydrogen-bond acceptors (Lipinski definition) is 3. The molecule has 142 valence electrons. The lowest BCUT2D eigenvalue weighted by molar-refractivity contribution is -0.131. The number of aryl methyl sites for hydroxylation is 1. The van der Waals surface area contributed by atoms with Crippen LogP contribution in [0.25, 0.3) is 0 Å². The van der Waals surface area contributed by atoms with E-state index < -0.39 is 0 Å². The van der Waals surface area contributed by atoms with Crippen LogP contribution in [-0.2, 0) is 11.2 Å². The summed E-state index contributed by atoms with van der Waals surface area (Å²) in [5, 5.41) is 0. The van der Waals surface area contributed by atoms with Crippen LogP contribution in [-0.4, -0.2) is 54.4 Å². The van der Waals surface area contributed by atoms with Gasteiger partial charge in [-0.2, -0.15) is 0 Å². The Hall–Kier alpha value is -2.82. The molecular weight excluding hydrogens is 340 g/mol. The summed E-state index contributed by atoms with van der Waals surface area (Å²) in [7, 11) is 0. The van der Waals surface area contributed by atoms with Crippen molar-refractivity contribution in [2.75, 3.05) is 32.8 Å². The minimum Gasteiger partial charge on any atom is -0.494 e. The SMILES string of the molecule is CCOc1ccc(CC(=O)N2CCN(C(=O)c3ccccc3C)CC2)cc1. The van der Waals surface area contributed by atoms with Crippen molar-refractivity contribution >= 4 is 11.8 Å². The molecule has 2 aromatic carbocycles. The molecule has 2 amide bonds. The van der Waals surface area contributed by atoms with Crippen LogP contribution >= 0.6 is 0 Å². The van der Waals surface area contributed by atoms with Crippen LogP contribution < -0.4 is 4.74 Å². The number of rotatable bonds is 5. The number of piperazine rings is 1. The Morgan fingerprint density at radius 2 is 1.56 bits per heavy atom. The van der Waals surface area contributed by atoms with E-state index in [9.17, 15) is 9.59 Å². The largest absolute Gasteiger partial charge is 0.494 e. The normalized spacial score (nSPS) is 14.1. The van der Waals surface area contributed by atoms with Crippen molar-refractivity contribution in [3.05, 3.63) is 65.2 Å². The van der Waals surface area contributed by atoms with Gasteiger partial charge in [0.1, 0.15) is 5.75 Å². The van der Waals surface area contributed by atoms with Gasteiger partial charge in [0.2, 0.25) is 5.91 Å². The Labute approximate surface area is 160 Å². The maximum absolute atomic E-state index is 12.7. The van der Waals surface area contributed by atoms with E-state index in [4.69, 9.17) is 4.74 Å². The van der Waals surface area contributed by atoms with Gasteiger partial charge in [-0.05, 0) is 43.2 Å². The van der Waals surface area contributed by atoms with Gasteiger partial charge >= 0.3 is 0 Å². The van der Waals surface area contributed by atoms with Crippen LogP contribution in [0, 0.1) is 6.92 Å². The molecule has 0 aromatic heterocycles. The van der Waals surface area contributed by atoms with Gasteiger partial charge in [-0.25, -0.2) is 0 Å². The smallest absolute Gasteiger partial charge is 0.254 e. The maximum atomic E-state index is 12.7. The second kappa shape index (κ2) is 8.71. The Kier molecular flexibility index (Phi) is 6.12. The highest BCUT2D eigenvalue weighted by Crippen LogP contribution is 2.15. The van der Waals surface area contributed by atoms with Crippen molar-refractivity contribution < 1.29 is 14.3 Å². The highest BCUT2D eigenvalue weighted by atomic mass is 16.5. The second-order valence-corrected chi connectivity index (χ2v) is 6.74. The topological polar surface area (TPSA) is 49.9 Å². The van der Waals surface area contributed by atoms with Gasteiger partial charge in [-0.1, -0.05) is 30.3 Å². The maximum Gasteiger partial charge on any atom is 0.254 e. The summed E-state index contributed by atoms with van der Waals surface area (Å²) in [6, 6.07) is 15.3. The first-order chi connectivity index (χ1) is 13.1. The fraction of sp³-hybridized carbons (Fsp3) is 0.364. The van der Waals surface area contributed by atoms with Crippen molar-refractivity contribution in [1.29, 1.82) is 0 Å². The fourth-order valence-corrected chi connectivity index (χ4v) is 3.30. The summed E-state index contributed by atoms with van der Waals surface area (Å²) in [4.78, 5) is 28.9. The fourth-order valence-electron chi connectivity index (χ4n) is 3.30. The van der Waals surface area contributed by atoms with E-state index >= 15 is 0 Å². The van der Waals surface area contributed by atoms with Gasteiger partial charge in [-0.15, -0.1) is 0 Å². The Morgan fingerprint density at radius 1 is 0.926 bits per heavy atom. The van der Waals surface area contributed by atoms with Crippen LogP contribution in [0.4, 0.5) is 0 Å². The minimum atomic E-state index is 0.0479. The minimum absolute atomic E-state index is 0.0479. The summed E-state index contributed by atoms with van der Waals surface area (Å²) in [5.74, 6) is 0.964. The van der Waals surface area contributed by atoms with Crippen LogP contribution in [0.1, 0.15) is 28.4 Å². The van der Waals surface area contributed by atoms with E-state index in [-0.39, 0.29) is 11.8 Å². The highest BCUT2D eigenvalue weighted by molar-refractivity contribution is 5.95. The molecule has 1 heterocycles. The van der Waals surface area contributed by atoms with Gasteiger partial charge in [0.15, 0.2) is 0 Å². The zero-order valence-corrected chi connectivity index (χ0v) is 16.0. The van der Waals surface area contributed by atoms with Crippen molar-refractivity contribution in [3.63, 3.8) is 0 Å². The van der Waals surface area contributed by atoms with Crippen molar-refractivity contribution in [2.24, 2.45) is 0 Å². The first-order valence-corrected chi connectivity index (χ1v) is 9.43. The third kappa shape index (κ3) is 4.67. The Bertz CT molecular complexity index is 793. The van der Waals surface area contributed by atoms with Crippen LogP contribution in [0.5, 0.6) is 5.75 Å². The van der Waals surface area contributed by atoms with E-state index in [1.807, 2.05) is 72.2 Å². The first kappa shape index (κ1) is 19.0. The summed E-state index contributed by atoms with van der Waals surface area (Å²) in [5.41, 5.74) is 2.70. The van der Waals surface area contributed by atoms with Gasteiger partial charge < -0.3 is 14.5 Å². The Morgan fingerprint density at radius 3 is 2.19 bits per heavy atom. The number of nitrogens with zero attached hydrogens (tertiary/aromatic N) is 2. The third-order valence-corrected chi connectivity index (χ3v) is 4.88. The van der Waals surface area contributed by atoms with E-state index in [1.54, 1.807) is 0 Å². The molecule has 0 aliphatic carbocycles. The third-order valence-electron chi connectivity index (χ3n) is 4.88. The van der Waals surface area contributed by atoms with Crippen molar-refractivity contribution in [1.82, 2.24) is 9.80 Å². The molecule has 0 radical (unpaired) electrons. The molecule has 0 unspecified atom stereocenters. The molecule has 0 spiro atoms. The van der Waals surface area contributed by atoms with E-state index in [2.05, 4.69) is 0 Å². The summed E-state index contributed by atoms with van der Waals surface area (Å²) < 4.78 is 5.43. The molecule has 5 nitrogen and oxygen atoms in total. The number of ether oxygens (including phenoxy) is 1. The van der Waals surface area contributed by atoms with Gasteiger partial charge in [0.25, 0.3) is 5.91 Å². The number of hydrogen-bond donors (Lipinski definition) is 0. The van der Waals surface area contributed by atoms with Gasteiger partial charge in [0.05, 0.1) is 13.0 Å². The Balaban J connectivity index is 1.53. The quantitative estimate of drug-likeness (QED) is 0.818. The molecule has 1 aliphatic heterocycles. The summed E-state index contributed by atoms with van der Waals surface area (Å²) in [6.07, 6.45) is 0.373. The number of amides is 2. The number of carbonyl (C=O) groups excluding carboxylic acids is 2. The molecule has 5 heteroatoms. The summed E-state index contributed by atoms with van der Waals surface area (Å²) in [6.45, 7) is 6.82. The average molecular weight is 366 g/mol. The molecule has 1 saturated heterocycles. The number of benzene rings is 2. The molecule has 0 bridgehead atoms. The van der Waals surface area contributed by atoms with Crippen LogP contribution in [0.3, 0.4) is 0 Å². The lowest BCUT2D eigenvalue weighted by Gasteiger charge is -2.35. The molecule has 0 atom stereocenters. The molecular formula is C22H26N2O3. The molecule has 0 N–H and O–H groups in total. The average Bonchev–Trinajstić information content (AvgIpc) is 2.70. The molecule has 1 fully saturated rings.